The maximum Gasteiger partial charge on any atom is 0.191 e. The monoisotopic (exact) mass is 498 g/mol. The van der Waals surface area contributed by atoms with Gasteiger partial charge in [0.15, 0.2) is 5.96 Å². The quantitative estimate of drug-likeness (QED) is 0.237. The van der Waals surface area contributed by atoms with Gasteiger partial charge >= 0.3 is 0 Å². The minimum absolute atomic E-state index is 0. The van der Waals surface area contributed by atoms with Crippen molar-refractivity contribution in [2.45, 2.75) is 46.1 Å². The molecular weight excluding hydrogens is 467 g/mol. The van der Waals surface area contributed by atoms with Crippen LogP contribution in [0.2, 0.25) is 0 Å². The Labute approximate surface area is 184 Å². The van der Waals surface area contributed by atoms with Gasteiger partial charge in [-0.05, 0) is 51.5 Å². The molecule has 0 spiro atoms. The molecule has 3 rings (SSSR count). The van der Waals surface area contributed by atoms with Gasteiger partial charge in [0.05, 0.1) is 12.3 Å². The molecule has 1 aliphatic carbocycles. The Morgan fingerprint density at radius 2 is 2.04 bits per heavy atom. The highest BCUT2D eigenvalue weighted by Crippen LogP contribution is 2.30. The van der Waals surface area contributed by atoms with E-state index in [9.17, 15) is 0 Å². The van der Waals surface area contributed by atoms with Crippen LogP contribution in [0, 0.1) is 19.8 Å². The Balaban J connectivity index is 0.00000280. The number of halogens is 1. The van der Waals surface area contributed by atoms with Crippen LogP contribution >= 0.6 is 24.0 Å². The van der Waals surface area contributed by atoms with Gasteiger partial charge in [0.25, 0.3) is 0 Å². The third-order valence-electron chi connectivity index (χ3n) is 4.89. The van der Waals surface area contributed by atoms with Gasteiger partial charge in [0.2, 0.25) is 0 Å². The van der Waals surface area contributed by atoms with Gasteiger partial charge in [0, 0.05) is 31.3 Å². The molecule has 0 saturated heterocycles. The first-order valence-electron chi connectivity index (χ1n) is 9.74. The second kappa shape index (κ2) is 11.3. The Bertz CT molecular complexity index is 752. The number of rotatable bonds is 9. The number of nitrogens with zero attached hydrogens (tertiary/aromatic N) is 2. The van der Waals surface area contributed by atoms with Crippen molar-refractivity contribution in [3.8, 4) is 5.75 Å². The smallest absolute Gasteiger partial charge is 0.191 e. The summed E-state index contributed by atoms with van der Waals surface area (Å²) in [5.74, 6) is 3.42. The molecule has 1 saturated carbocycles. The van der Waals surface area contributed by atoms with Crippen LogP contribution in [0.15, 0.2) is 33.8 Å². The molecule has 0 unspecified atom stereocenters. The molecule has 0 amide bonds. The van der Waals surface area contributed by atoms with E-state index in [1.54, 1.807) is 7.05 Å². The molecule has 0 radical (unpaired) electrons. The average molecular weight is 498 g/mol. The van der Waals surface area contributed by atoms with Gasteiger partial charge in [-0.3, -0.25) is 4.99 Å². The van der Waals surface area contributed by atoms with Crippen LogP contribution in [0.3, 0.4) is 0 Å². The van der Waals surface area contributed by atoms with Crippen LogP contribution < -0.4 is 15.4 Å². The second-order valence-electron chi connectivity index (χ2n) is 7.12. The molecular formula is C21H31IN4O2. The number of aliphatic imine (C=N–C) groups is 1. The molecule has 154 valence electrons. The molecule has 2 N–H and O–H groups in total. The number of hydrogen-bond donors (Lipinski definition) is 2. The third kappa shape index (κ3) is 6.68. The molecule has 2 aromatic rings. The normalized spacial score (nSPS) is 13.8. The minimum atomic E-state index is 0. The first kappa shape index (κ1) is 22.5. The van der Waals surface area contributed by atoms with Crippen molar-refractivity contribution >= 4 is 29.9 Å². The summed E-state index contributed by atoms with van der Waals surface area (Å²) in [4.78, 5) is 4.31. The Hall–Kier alpha value is -1.77. The second-order valence-corrected chi connectivity index (χ2v) is 7.12. The maximum atomic E-state index is 5.97. The summed E-state index contributed by atoms with van der Waals surface area (Å²) >= 11 is 0. The first-order valence-corrected chi connectivity index (χ1v) is 9.74. The van der Waals surface area contributed by atoms with E-state index in [1.165, 1.54) is 18.4 Å². The zero-order chi connectivity index (χ0) is 19.1. The van der Waals surface area contributed by atoms with E-state index in [0.717, 1.165) is 60.6 Å². The SMILES string of the molecule is CN=C(NCCCc1c(C)noc1C)NCc1ccccc1OCC1CC1.I. The highest BCUT2D eigenvalue weighted by atomic mass is 127. The molecule has 0 aliphatic heterocycles. The summed E-state index contributed by atoms with van der Waals surface area (Å²) in [6, 6.07) is 8.20. The fourth-order valence-corrected chi connectivity index (χ4v) is 3.01. The van der Waals surface area contributed by atoms with Gasteiger partial charge in [-0.2, -0.15) is 0 Å². The molecule has 0 bridgehead atoms. The molecule has 6 nitrogen and oxygen atoms in total. The van der Waals surface area contributed by atoms with Crippen molar-refractivity contribution < 1.29 is 9.26 Å². The van der Waals surface area contributed by atoms with Crippen LogP contribution in [0.1, 0.15) is 41.8 Å². The number of hydrogen-bond acceptors (Lipinski definition) is 4. The van der Waals surface area contributed by atoms with Gasteiger partial charge in [-0.15, -0.1) is 24.0 Å². The summed E-state index contributed by atoms with van der Waals surface area (Å²) in [5.41, 5.74) is 3.34. The minimum Gasteiger partial charge on any atom is -0.493 e. The van der Waals surface area contributed by atoms with Gasteiger partial charge in [0.1, 0.15) is 11.5 Å². The number of ether oxygens (including phenoxy) is 1. The Morgan fingerprint density at radius 3 is 2.71 bits per heavy atom. The molecule has 1 aromatic heterocycles. The van der Waals surface area contributed by atoms with Crippen LogP contribution in [0.5, 0.6) is 5.75 Å². The maximum absolute atomic E-state index is 5.97. The van der Waals surface area contributed by atoms with Crippen molar-refractivity contribution in [1.29, 1.82) is 0 Å². The number of nitrogens with one attached hydrogen (secondary N) is 2. The number of aromatic nitrogens is 1. The van der Waals surface area contributed by atoms with E-state index in [2.05, 4.69) is 26.8 Å². The zero-order valence-corrected chi connectivity index (χ0v) is 19.3. The standard InChI is InChI=1S/C21H30N4O2.HI/c1-15-19(16(2)27-25-15)8-6-12-23-21(22-3)24-13-18-7-4-5-9-20(18)26-14-17-10-11-17;/h4-5,7,9,17H,6,8,10-14H2,1-3H3,(H2,22,23,24);1H. The Morgan fingerprint density at radius 1 is 1.25 bits per heavy atom. The third-order valence-corrected chi connectivity index (χ3v) is 4.89. The van der Waals surface area contributed by atoms with E-state index in [1.807, 2.05) is 32.0 Å². The number of aryl methyl sites for hydroxylation is 2. The lowest BCUT2D eigenvalue weighted by Gasteiger charge is -2.15. The van der Waals surface area contributed by atoms with E-state index in [-0.39, 0.29) is 24.0 Å². The number of guanidine groups is 1. The lowest BCUT2D eigenvalue weighted by atomic mass is 10.1. The van der Waals surface area contributed by atoms with Crippen molar-refractivity contribution in [2.75, 3.05) is 20.2 Å². The fraction of sp³-hybridized carbons (Fsp3) is 0.524. The van der Waals surface area contributed by atoms with Crippen molar-refractivity contribution in [1.82, 2.24) is 15.8 Å². The van der Waals surface area contributed by atoms with Gasteiger partial charge in [-0.1, -0.05) is 23.4 Å². The first-order chi connectivity index (χ1) is 13.2. The predicted molar refractivity (Wildman–Crippen MR) is 123 cm³/mol. The summed E-state index contributed by atoms with van der Waals surface area (Å²) < 4.78 is 11.2. The highest BCUT2D eigenvalue weighted by molar-refractivity contribution is 14.0. The number of para-hydroxylation sites is 1. The van der Waals surface area contributed by atoms with Crippen LogP contribution in [-0.4, -0.2) is 31.3 Å². The molecule has 7 heteroatoms. The molecule has 0 atom stereocenters. The lowest BCUT2D eigenvalue weighted by molar-refractivity contribution is 0.296. The van der Waals surface area contributed by atoms with E-state index >= 15 is 0 Å². The van der Waals surface area contributed by atoms with Crippen molar-refractivity contribution in [2.24, 2.45) is 10.9 Å². The summed E-state index contributed by atoms with van der Waals surface area (Å²) in [6.07, 6.45) is 4.53. The predicted octanol–water partition coefficient (Wildman–Crippen LogP) is 4.00. The Kier molecular flexibility index (Phi) is 9.08. The molecule has 1 heterocycles. The highest BCUT2D eigenvalue weighted by Gasteiger charge is 2.22. The van der Waals surface area contributed by atoms with E-state index in [4.69, 9.17) is 9.26 Å². The zero-order valence-electron chi connectivity index (χ0n) is 17.0. The van der Waals surface area contributed by atoms with Gasteiger partial charge in [-0.25, -0.2) is 0 Å². The fourth-order valence-electron chi connectivity index (χ4n) is 3.01. The molecule has 1 aliphatic rings. The van der Waals surface area contributed by atoms with E-state index in [0.29, 0.717) is 6.54 Å². The summed E-state index contributed by atoms with van der Waals surface area (Å²) in [7, 11) is 1.79. The topological polar surface area (TPSA) is 71.7 Å². The summed E-state index contributed by atoms with van der Waals surface area (Å²) in [6.45, 7) is 6.30. The van der Waals surface area contributed by atoms with Crippen LogP contribution in [0.4, 0.5) is 0 Å². The van der Waals surface area contributed by atoms with Crippen LogP contribution in [0.25, 0.3) is 0 Å². The largest absolute Gasteiger partial charge is 0.493 e. The average Bonchev–Trinajstić information content (AvgIpc) is 3.46. The van der Waals surface area contributed by atoms with Crippen molar-refractivity contribution in [3.05, 3.63) is 46.8 Å². The molecule has 1 fully saturated rings. The summed E-state index contributed by atoms with van der Waals surface area (Å²) in [5, 5.41) is 10.7. The van der Waals surface area contributed by atoms with Crippen molar-refractivity contribution in [3.63, 3.8) is 0 Å². The number of benzene rings is 1. The van der Waals surface area contributed by atoms with E-state index < -0.39 is 0 Å². The van der Waals surface area contributed by atoms with Crippen LogP contribution in [-0.2, 0) is 13.0 Å². The molecule has 1 aromatic carbocycles. The lowest BCUT2D eigenvalue weighted by Crippen LogP contribution is -2.37. The molecule has 28 heavy (non-hydrogen) atoms. The van der Waals surface area contributed by atoms with Gasteiger partial charge < -0.3 is 19.9 Å².